The summed E-state index contributed by atoms with van der Waals surface area (Å²) < 4.78 is 13.1. The van der Waals surface area contributed by atoms with Crippen LogP contribution in [0.3, 0.4) is 0 Å². The molecule has 18 heavy (non-hydrogen) atoms. The Bertz CT molecular complexity index is 575. The molecule has 0 saturated heterocycles. The molecule has 0 radical (unpaired) electrons. The number of hydrogen-bond donors (Lipinski definition) is 1. The van der Waals surface area contributed by atoms with Crippen LogP contribution < -0.4 is 0 Å². The number of thioether (sulfide) groups is 1. The summed E-state index contributed by atoms with van der Waals surface area (Å²) >= 11 is 1.73. The summed E-state index contributed by atoms with van der Waals surface area (Å²) in [7, 11) is 0. The molecule has 0 aliphatic carbocycles. The fourth-order valence-corrected chi connectivity index (χ4v) is 3.55. The van der Waals surface area contributed by atoms with Crippen molar-refractivity contribution in [3.63, 3.8) is 0 Å². The molecule has 2 atom stereocenters. The van der Waals surface area contributed by atoms with Gasteiger partial charge in [-0.2, -0.15) is 0 Å². The van der Waals surface area contributed by atoms with Crippen molar-refractivity contribution < 1.29 is 9.50 Å². The van der Waals surface area contributed by atoms with Crippen LogP contribution in [0.25, 0.3) is 0 Å². The van der Waals surface area contributed by atoms with Gasteiger partial charge in [-0.05, 0) is 17.7 Å². The van der Waals surface area contributed by atoms with Crippen molar-refractivity contribution in [3.8, 4) is 0 Å². The summed E-state index contributed by atoms with van der Waals surface area (Å²) in [5.74, 6) is 0.414. The van der Waals surface area contributed by atoms with E-state index >= 15 is 0 Å². The van der Waals surface area contributed by atoms with Gasteiger partial charge >= 0.3 is 0 Å². The molecule has 1 N–H and O–H groups in total. The maximum Gasteiger partial charge on any atom is 0.141 e. The van der Waals surface area contributed by atoms with Crippen molar-refractivity contribution in [3.05, 3.63) is 59.7 Å². The lowest BCUT2D eigenvalue weighted by atomic mass is 9.91. The van der Waals surface area contributed by atoms with Gasteiger partial charge in [-0.1, -0.05) is 18.2 Å². The van der Waals surface area contributed by atoms with Crippen molar-refractivity contribution in [1.82, 2.24) is 4.98 Å². The summed E-state index contributed by atoms with van der Waals surface area (Å²) in [6.07, 6.45) is 1.97. The zero-order chi connectivity index (χ0) is 12.5. The first-order valence-corrected chi connectivity index (χ1v) is 6.74. The Morgan fingerprint density at radius 1 is 1.33 bits per heavy atom. The molecule has 2 heterocycles. The maximum absolute atomic E-state index is 13.1. The summed E-state index contributed by atoms with van der Waals surface area (Å²) in [6, 6.07) is 9.38. The van der Waals surface area contributed by atoms with E-state index in [1.54, 1.807) is 11.8 Å². The number of pyridine rings is 1. The van der Waals surface area contributed by atoms with Gasteiger partial charge in [0.15, 0.2) is 0 Å². The smallest absolute Gasteiger partial charge is 0.141 e. The minimum Gasteiger partial charge on any atom is -0.388 e. The van der Waals surface area contributed by atoms with Gasteiger partial charge in [-0.3, -0.25) is 4.98 Å². The molecular formula is C14H12FNOS. The van der Waals surface area contributed by atoms with Crippen LogP contribution in [0.2, 0.25) is 0 Å². The standard InChI is InChI=1S/C14H12FNOS/c15-10-5-9(6-16-7-10)14(17)12-8-18-13-4-2-1-3-11(12)13/h1-7,12,14,17H,8H2. The fourth-order valence-electron chi connectivity index (χ4n) is 2.27. The van der Waals surface area contributed by atoms with Gasteiger partial charge in [0.2, 0.25) is 0 Å². The maximum atomic E-state index is 13.1. The highest BCUT2D eigenvalue weighted by Crippen LogP contribution is 2.45. The van der Waals surface area contributed by atoms with Crippen molar-refractivity contribution in [2.45, 2.75) is 16.9 Å². The number of benzene rings is 1. The predicted octanol–water partition coefficient (Wildman–Crippen LogP) is 3.14. The van der Waals surface area contributed by atoms with Crippen LogP contribution in [0.15, 0.2) is 47.6 Å². The zero-order valence-corrected chi connectivity index (χ0v) is 10.4. The third-order valence-corrected chi connectivity index (χ3v) is 4.39. The predicted molar refractivity (Wildman–Crippen MR) is 69.1 cm³/mol. The number of aromatic nitrogens is 1. The van der Waals surface area contributed by atoms with Crippen LogP contribution in [-0.2, 0) is 0 Å². The van der Waals surface area contributed by atoms with Crippen molar-refractivity contribution in [1.29, 1.82) is 0 Å². The quantitative estimate of drug-likeness (QED) is 0.901. The summed E-state index contributed by atoms with van der Waals surface area (Å²) in [4.78, 5) is 4.99. The van der Waals surface area contributed by atoms with E-state index < -0.39 is 11.9 Å². The molecule has 1 aliphatic rings. The Balaban J connectivity index is 1.93. The Kier molecular flexibility index (Phi) is 3.06. The van der Waals surface area contributed by atoms with E-state index in [2.05, 4.69) is 11.1 Å². The van der Waals surface area contributed by atoms with E-state index in [1.165, 1.54) is 17.2 Å². The van der Waals surface area contributed by atoms with Gasteiger partial charge < -0.3 is 5.11 Å². The van der Waals surface area contributed by atoms with Crippen LogP contribution >= 0.6 is 11.8 Å². The SMILES string of the molecule is OC(c1cncc(F)c1)C1CSc2ccccc21. The van der Waals surface area contributed by atoms with E-state index in [9.17, 15) is 9.50 Å². The van der Waals surface area contributed by atoms with Crippen LogP contribution in [-0.4, -0.2) is 15.8 Å². The first-order valence-electron chi connectivity index (χ1n) is 5.76. The lowest BCUT2D eigenvalue weighted by Gasteiger charge is -2.18. The van der Waals surface area contributed by atoms with Crippen molar-refractivity contribution in [2.75, 3.05) is 5.75 Å². The summed E-state index contributed by atoms with van der Waals surface area (Å²) in [6.45, 7) is 0. The molecule has 1 aromatic heterocycles. The molecule has 0 amide bonds. The highest BCUT2D eigenvalue weighted by Gasteiger charge is 2.30. The van der Waals surface area contributed by atoms with Crippen LogP contribution in [0.1, 0.15) is 23.1 Å². The molecule has 1 aromatic carbocycles. The van der Waals surface area contributed by atoms with Gasteiger partial charge in [0.05, 0.1) is 12.3 Å². The number of fused-ring (bicyclic) bond motifs is 1. The summed E-state index contributed by atoms with van der Waals surface area (Å²) in [5, 5.41) is 10.4. The number of nitrogens with zero attached hydrogens (tertiary/aromatic N) is 1. The molecule has 0 fully saturated rings. The largest absolute Gasteiger partial charge is 0.388 e. The minimum absolute atomic E-state index is 0.00907. The average molecular weight is 261 g/mol. The molecule has 92 valence electrons. The van der Waals surface area contributed by atoms with E-state index in [1.807, 2.05) is 18.2 Å². The first kappa shape index (κ1) is 11.7. The second-order valence-corrected chi connectivity index (χ2v) is 5.40. The van der Waals surface area contributed by atoms with Crippen LogP contribution in [0, 0.1) is 5.82 Å². The molecule has 2 aromatic rings. The summed E-state index contributed by atoms with van der Waals surface area (Å²) in [5.41, 5.74) is 1.68. The molecule has 2 unspecified atom stereocenters. The molecule has 2 nitrogen and oxygen atoms in total. The molecule has 0 saturated carbocycles. The zero-order valence-electron chi connectivity index (χ0n) is 9.58. The van der Waals surface area contributed by atoms with Gasteiger partial charge in [-0.15, -0.1) is 11.8 Å². The lowest BCUT2D eigenvalue weighted by Crippen LogP contribution is -2.11. The molecule has 1 aliphatic heterocycles. The normalized spacial score (nSPS) is 19.6. The second-order valence-electron chi connectivity index (χ2n) is 4.34. The van der Waals surface area contributed by atoms with Gasteiger partial charge in [0.1, 0.15) is 5.82 Å². The lowest BCUT2D eigenvalue weighted by molar-refractivity contribution is 0.153. The van der Waals surface area contributed by atoms with Crippen molar-refractivity contribution in [2.24, 2.45) is 0 Å². The van der Waals surface area contributed by atoms with Gasteiger partial charge in [0.25, 0.3) is 0 Å². The Labute approximate surface area is 109 Å². The van der Waals surface area contributed by atoms with Crippen LogP contribution in [0.4, 0.5) is 4.39 Å². The molecule has 3 rings (SSSR count). The third kappa shape index (κ3) is 2.02. The fraction of sp³-hybridized carbons (Fsp3) is 0.214. The van der Waals surface area contributed by atoms with E-state index in [-0.39, 0.29) is 5.92 Å². The number of aliphatic hydroxyl groups excluding tert-OH is 1. The number of aliphatic hydroxyl groups is 1. The van der Waals surface area contributed by atoms with E-state index in [0.29, 0.717) is 5.56 Å². The monoisotopic (exact) mass is 261 g/mol. The van der Waals surface area contributed by atoms with Crippen molar-refractivity contribution >= 4 is 11.8 Å². The number of rotatable bonds is 2. The number of halogens is 1. The second kappa shape index (κ2) is 4.71. The third-order valence-electron chi connectivity index (χ3n) is 3.19. The highest BCUT2D eigenvalue weighted by atomic mass is 32.2. The first-order chi connectivity index (χ1) is 8.75. The Hall–Kier alpha value is -1.39. The van der Waals surface area contributed by atoms with Gasteiger partial charge in [0, 0.05) is 28.3 Å². The molecule has 4 heteroatoms. The average Bonchev–Trinajstić information content (AvgIpc) is 2.82. The van der Waals surface area contributed by atoms with E-state index in [4.69, 9.17) is 0 Å². The van der Waals surface area contributed by atoms with E-state index in [0.717, 1.165) is 17.5 Å². The van der Waals surface area contributed by atoms with Gasteiger partial charge in [-0.25, -0.2) is 4.39 Å². The number of hydrogen-bond acceptors (Lipinski definition) is 3. The Morgan fingerprint density at radius 2 is 2.17 bits per heavy atom. The Morgan fingerprint density at radius 3 is 3.00 bits per heavy atom. The highest BCUT2D eigenvalue weighted by molar-refractivity contribution is 7.99. The molecule has 0 bridgehead atoms. The topological polar surface area (TPSA) is 33.1 Å². The van der Waals surface area contributed by atoms with Crippen LogP contribution in [0.5, 0.6) is 0 Å². The minimum atomic E-state index is -0.704. The molecule has 0 spiro atoms. The molecular weight excluding hydrogens is 249 g/mol.